The van der Waals surface area contributed by atoms with E-state index in [9.17, 15) is 32.0 Å². The van der Waals surface area contributed by atoms with E-state index in [2.05, 4.69) is 38.7 Å². The van der Waals surface area contributed by atoms with Gasteiger partial charge in [-0.2, -0.15) is 0 Å². The molecule has 2 saturated heterocycles. The van der Waals surface area contributed by atoms with Gasteiger partial charge in [-0.25, -0.2) is 36.6 Å². The highest BCUT2D eigenvalue weighted by Crippen LogP contribution is 2.37. The maximum Gasteiger partial charge on any atom is 0.410 e. The van der Waals surface area contributed by atoms with Crippen molar-refractivity contribution in [1.29, 1.82) is 0 Å². The number of hydrogen-bond donors (Lipinski definition) is 3. The lowest BCUT2D eigenvalue weighted by molar-refractivity contribution is 0.00448. The molecular formula is C41H54FN9O7S. The van der Waals surface area contributed by atoms with Crippen LogP contribution in [-0.2, 0) is 14.8 Å². The van der Waals surface area contributed by atoms with Gasteiger partial charge >= 0.3 is 6.09 Å². The van der Waals surface area contributed by atoms with Gasteiger partial charge in [0.2, 0.25) is 10.0 Å². The molecular weight excluding hydrogens is 782 g/mol. The number of rotatable bonds is 5. The molecule has 0 saturated carbocycles. The molecule has 18 heteroatoms. The minimum Gasteiger partial charge on any atom is -0.444 e. The fourth-order valence-electron chi connectivity index (χ4n) is 7.61. The number of nitrogens with one attached hydrogen (secondary N) is 3. The molecule has 318 valence electrons. The van der Waals surface area contributed by atoms with Crippen molar-refractivity contribution in [2.45, 2.75) is 106 Å². The lowest BCUT2D eigenvalue weighted by Crippen LogP contribution is -2.43. The summed E-state index contributed by atoms with van der Waals surface area (Å²) in [4.78, 5) is 63.8. The standard InChI is InChI=1S/C22H26FN5O4S.C19H28N4O3/c1-12-7-8-27(22(30)16-10-15(23)5-6-17(16)26-33(4,31)32)19(9-12)18-11-20-24-14(3)13(2)21(29)28(20)25-18;1-11-7-8-22(18(25)26-19(4,5)6)15(9-11)14-10-16-20-13(3)12(2)17(24)23(16)21-14/h5-6,10-12,19,25-26H,7-9H2,1-4H3;10-11,15,21H,7-9H2,1-6H3/t12-,19-;11-,15-/m00/s1. The number of benzene rings is 1. The lowest BCUT2D eigenvalue weighted by atomic mass is 9.90. The van der Waals surface area contributed by atoms with E-state index < -0.39 is 33.4 Å². The van der Waals surface area contributed by atoms with E-state index in [0.717, 1.165) is 49.0 Å². The van der Waals surface area contributed by atoms with Crippen molar-refractivity contribution in [3.05, 3.63) is 96.3 Å². The van der Waals surface area contributed by atoms with Crippen LogP contribution in [0.5, 0.6) is 0 Å². The average molecular weight is 836 g/mol. The number of carbonyl (C=O) groups is 2. The number of piperidine rings is 2. The van der Waals surface area contributed by atoms with Gasteiger partial charge in [0.05, 0.1) is 41.0 Å². The van der Waals surface area contributed by atoms with Crippen LogP contribution in [0.15, 0.2) is 39.9 Å². The van der Waals surface area contributed by atoms with Crippen LogP contribution in [0.1, 0.15) is 117 Å². The molecule has 0 aliphatic carbocycles. The van der Waals surface area contributed by atoms with Gasteiger partial charge in [-0.15, -0.1) is 0 Å². The first-order chi connectivity index (χ1) is 27.5. The number of carbonyl (C=O) groups excluding carboxylic acids is 2. The summed E-state index contributed by atoms with van der Waals surface area (Å²) < 4.78 is 48.3. The second kappa shape index (κ2) is 16.3. The van der Waals surface area contributed by atoms with Crippen LogP contribution in [0.4, 0.5) is 14.9 Å². The number of aryl methyl sites for hydroxylation is 2. The maximum atomic E-state index is 14.0. The second-order valence-corrected chi connectivity index (χ2v) is 18.8. The molecule has 0 unspecified atom stereocenters. The van der Waals surface area contributed by atoms with Gasteiger partial charge in [0.25, 0.3) is 17.0 Å². The number of nitrogens with zero attached hydrogens (tertiary/aromatic N) is 6. The summed E-state index contributed by atoms with van der Waals surface area (Å²) >= 11 is 0. The highest BCUT2D eigenvalue weighted by molar-refractivity contribution is 7.92. The van der Waals surface area contributed by atoms with E-state index in [1.807, 2.05) is 33.8 Å². The number of anilines is 1. The van der Waals surface area contributed by atoms with Crippen molar-refractivity contribution in [2.75, 3.05) is 24.1 Å². The van der Waals surface area contributed by atoms with Crippen molar-refractivity contribution in [3.8, 4) is 0 Å². The number of likely N-dealkylation sites (tertiary alicyclic amines) is 2. The van der Waals surface area contributed by atoms with E-state index >= 15 is 0 Å². The molecule has 4 aromatic heterocycles. The monoisotopic (exact) mass is 835 g/mol. The fraction of sp³-hybridized carbons (Fsp3) is 0.512. The fourth-order valence-corrected chi connectivity index (χ4v) is 8.19. The van der Waals surface area contributed by atoms with Crippen molar-refractivity contribution >= 4 is 39.0 Å². The Hall–Kier alpha value is -5.52. The Bertz CT molecular complexity index is 2660. The van der Waals surface area contributed by atoms with Crippen LogP contribution in [-0.4, -0.2) is 84.4 Å². The van der Waals surface area contributed by atoms with Gasteiger partial charge in [-0.05, 0) is 104 Å². The van der Waals surface area contributed by atoms with E-state index in [1.54, 1.807) is 36.6 Å². The van der Waals surface area contributed by atoms with E-state index in [-0.39, 0.29) is 34.5 Å². The van der Waals surface area contributed by atoms with E-state index in [0.29, 0.717) is 65.2 Å². The molecule has 5 aromatic rings. The Labute approximate surface area is 342 Å². The quantitative estimate of drug-likeness (QED) is 0.187. The third kappa shape index (κ3) is 9.37. The van der Waals surface area contributed by atoms with E-state index in [4.69, 9.17) is 4.74 Å². The van der Waals surface area contributed by atoms with Gasteiger partial charge in [-0.3, -0.25) is 34.2 Å². The zero-order valence-corrected chi connectivity index (χ0v) is 36.1. The zero-order valence-electron chi connectivity index (χ0n) is 35.3. The first kappa shape index (κ1) is 43.1. The van der Waals surface area contributed by atoms with Crippen LogP contribution in [0, 0.1) is 45.3 Å². The molecule has 2 aliphatic rings. The van der Waals surface area contributed by atoms with Gasteiger partial charge in [0, 0.05) is 47.7 Å². The summed E-state index contributed by atoms with van der Waals surface area (Å²) in [7, 11) is -3.68. The first-order valence-corrected chi connectivity index (χ1v) is 21.7. The Balaban J connectivity index is 0.000000204. The van der Waals surface area contributed by atoms with Crippen LogP contribution in [0.25, 0.3) is 11.3 Å². The van der Waals surface area contributed by atoms with Crippen LogP contribution in [0.2, 0.25) is 0 Å². The summed E-state index contributed by atoms with van der Waals surface area (Å²) in [6.07, 6.45) is 3.76. The second-order valence-electron chi connectivity index (χ2n) is 17.1. The smallest absolute Gasteiger partial charge is 0.410 e. The minimum absolute atomic E-state index is 0.0158. The Morgan fingerprint density at radius 2 is 1.29 bits per heavy atom. The van der Waals surface area contributed by atoms with Gasteiger partial charge in [-0.1, -0.05) is 13.8 Å². The summed E-state index contributed by atoms with van der Waals surface area (Å²) in [6, 6.07) is 6.41. The maximum absolute atomic E-state index is 14.0. The minimum atomic E-state index is -3.68. The SMILES string of the molecule is Cc1nc2cc([C@@H]3C[C@@H](C)CCN3C(=O)OC(C)(C)C)[nH]n2c(=O)c1C.Cc1nc2cc([C@@H]3C[C@@H](C)CCN3C(=O)c3cc(F)ccc3NS(C)(=O)=O)[nH]n2c(=O)c1C. The lowest BCUT2D eigenvalue weighted by Gasteiger charge is -2.38. The average Bonchev–Trinajstić information content (AvgIpc) is 3.77. The molecule has 16 nitrogen and oxygen atoms in total. The predicted octanol–water partition coefficient (Wildman–Crippen LogP) is 6.11. The van der Waals surface area contributed by atoms with Crippen molar-refractivity contribution in [2.24, 2.45) is 11.8 Å². The number of aromatic nitrogens is 6. The number of amides is 2. The third-order valence-corrected chi connectivity index (χ3v) is 11.6. The summed E-state index contributed by atoms with van der Waals surface area (Å²) in [5.74, 6) is -0.353. The molecule has 3 N–H and O–H groups in total. The molecule has 6 heterocycles. The largest absolute Gasteiger partial charge is 0.444 e. The number of fused-ring (bicyclic) bond motifs is 2. The van der Waals surface area contributed by atoms with Crippen molar-refractivity contribution in [1.82, 2.24) is 39.0 Å². The van der Waals surface area contributed by atoms with Gasteiger partial charge < -0.3 is 9.64 Å². The van der Waals surface area contributed by atoms with Crippen LogP contribution >= 0.6 is 0 Å². The molecule has 0 spiro atoms. The molecule has 2 fully saturated rings. The third-order valence-electron chi connectivity index (χ3n) is 11.1. The zero-order chi connectivity index (χ0) is 43.3. The summed E-state index contributed by atoms with van der Waals surface area (Å²) in [6.45, 7) is 18.0. The molecule has 4 atom stereocenters. The van der Waals surface area contributed by atoms with Crippen molar-refractivity contribution < 1.29 is 27.1 Å². The molecule has 2 amide bonds. The molecule has 1 aromatic carbocycles. The van der Waals surface area contributed by atoms with Gasteiger partial charge in [0.15, 0.2) is 11.3 Å². The van der Waals surface area contributed by atoms with Crippen molar-refractivity contribution in [3.63, 3.8) is 0 Å². The highest BCUT2D eigenvalue weighted by atomic mass is 32.2. The normalized spacial score (nSPS) is 20.1. The Morgan fingerprint density at radius 3 is 1.76 bits per heavy atom. The number of aromatic amines is 2. The van der Waals surface area contributed by atoms with Gasteiger partial charge in [0.1, 0.15) is 11.4 Å². The Kier molecular flexibility index (Phi) is 11.9. The summed E-state index contributed by atoms with van der Waals surface area (Å²) in [5, 5.41) is 6.25. The number of sulfonamides is 1. The number of halogens is 1. The molecule has 0 bridgehead atoms. The van der Waals surface area contributed by atoms with Crippen LogP contribution in [0.3, 0.4) is 0 Å². The number of H-pyrrole nitrogens is 2. The molecule has 0 radical (unpaired) electrons. The number of hydrogen-bond acceptors (Lipinski definition) is 9. The number of ether oxygens (including phenoxy) is 1. The first-order valence-electron chi connectivity index (χ1n) is 19.8. The predicted molar refractivity (Wildman–Crippen MR) is 222 cm³/mol. The summed E-state index contributed by atoms with van der Waals surface area (Å²) in [5.41, 5.74) is 4.08. The van der Waals surface area contributed by atoms with E-state index in [1.165, 1.54) is 15.1 Å². The molecule has 2 aliphatic heterocycles. The molecule has 59 heavy (non-hydrogen) atoms. The molecule has 7 rings (SSSR count). The van der Waals surface area contributed by atoms with Crippen LogP contribution < -0.4 is 15.8 Å². The topological polar surface area (TPSA) is 196 Å². The highest BCUT2D eigenvalue weighted by Gasteiger charge is 2.36. The Morgan fingerprint density at radius 1 is 0.814 bits per heavy atom.